The summed E-state index contributed by atoms with van der Waals surface area (Å²) in [6.45, 7) is 2.19. The lowest BCUT2D eigenvalue weighted by Crippen LogP contribution is -2.27. The highest BCUT2D eigenvalue weighted by Gasteiger charge is 2.29. The first kappa shape index (κ1) is 12.1. The number of nitrogens with two attached hydrogens (primary N) is 1. The Bertz CT molecular complexity index is 639. The van der Waals surface area contributed by atoms with E-state index in [1.165, 1.54) is 11.3 Å². The lowest BCUT2D eigenvalue weighted by atomic mass is 10.1. The van der Waals surface area contributed by atoms with Crippen molar-refractivity contribution in [2.75, 3.05) is 4.90 Å². The highest BCUT2D eigenvalue weighted by Crippen LogP contribution is 2.38. The van der Waals surface area contributed by atoms with E-state index in [1.54, 1.807) is 6.20 Å². The average Bonchev–Trinajstić information content (AvgIpc) is 2.74. The molecule has 2 heterocycles. The molecular weight excluding hydrogens is 254 g/mol. The smallest absolute Gasteiger partial charge is 0.143 e. The number of rotatable bonds is 2. The zero-order chi connectivity index (χ0) is 13.4. The fourth-order valence-corrected chi connectivity index (χ4v) is 2.83. The fourth-order valence-electron chi connectivity index (χ4n) is 2.67. The van der Waals surface area contributed by atoms with Crippen molar-refractivity contribution in [3.63, 3.8) is 0 Å². The Labute approximate surface area is 118 Å². The second-order valence-electron chi connectivity index (χ2n) is 4.79. The number of hydrogen-bond donors (Lipinski definition) is 1. The Morgan fingerprint density at radius 3 is 2.89 bits per heavy atom. The van der Waals surface area contributed by atoms with Gasteiger partial charge in [-0.1, -0.05) is 30.4 Å². The molecule has 0 amide bonds. The molecule has 19 heavy (non-hydrogen) atoms. The lowest BCUT2D eigenvalue weighted by molar-refractivity contribution is 0.750. The van der Waals surface area contributed by atoms with E-state index in [0.717, 1.165) is 17.8 Å². The lowest BCUT2D eigenvalue weighted by Gasteiger charge is -2.25. The van der Waals surface area contributed by atoms with Crippen LogP contribution in [-0.4, -0.2) is 16.0 Å². The topological polar surface area (TPSA) is 42.2 Å². The Balaban J connectivity index is 2.15. The number of aromatic nitrogens is 1. The van der Waals surface area contributed by atoms with Gasteiger partial charge < -0.3 is 10.6 Å². The molecule has 0 radical (unpaired) electrons. The zero-order valence-corrected chi connectivity index (χ0v) is 11.5. The fraction of sp³-hybridized carbons (Fsp3) is 0.200. The third kappa shape index (κ3) is 1.98. The molecule has 0 spiro atoms. The molecule has 4 heteroatoms. The maximum atomic E-state index is 5.81. The van der Waals surface area contributed by atoms with Gasteiger partial charge in [0.2, 0.25) is 0 Å². The first-order valence-corrected chi connectivity index (χ1v) is 6.71. The van der Waals surface area contributed by atoms with Crippen molar-refractivity contribution in [2.45, 2.75) is 19.4 Å². The van der Waals surface area contributed by atoms with Crippen LogP contribution in [0.3, 0.4) is 0 Å². The van der Waals surface area contributed by atoms with Crippen LogP contribution in [0, 0.1) is 0 Å². The molecule has 1 aromatic heterocycles. The largest absolute Gasteiger partial charge is 0.389 e. The van der Waals surface area contributed by atoms with Gasteiger partial charge in [-0.3, -0.25) is 0 Å². The number of para-hydroxylation sites is 1. The quantitative estimate of drug-likeness (QED) is 0.851. The van der Waals surface area contributed by atoms with E-state index in [2.05, 4.69) is 35.0 Å². The zero-order valence-electron chi connectivity index (χ0n) is 10.7. The minimum absolute atomic E-state index is 0.361. The van der Waals surface area contributed by atoms with Crippen molar-refractivity contribution in [1.29, 1.82) is 0 Å². The molecule has 1 atom stereocenters. The van der Waals surface area contributed by atoms with Crippen LogP contribution in [0.15, 0.2) is 42.6 Å². The van der Waals surface area contributed by atoms with Crippen molar-refractivity contribution >= 4 is 28.7 Å². The van der Waals surface area contributed by atoms with Crippen molar-refractivity contribution in [2.24, 2.45) is 5.73 Å². The number of anilines is 2. The second-order valence-corrected chi connectivity index (χ2v) is 5.23. The number of thiocarbonyl (C=S) groups is 1. The molecule has 3 rings (SSSR count). The maximum absolute atomic E-state index is 5.81. The predicted molar refractivity (Wildman–Crippen MR) is 81.9 cm³/mol. The van der Waals surface area contributed by atoms with Crippen LogP contribution in [0.5, 0.6) is 0 Å². The van der Waals surface area contributed by atoms with Gasteiger partial charge in [0.25, 0.3) is 0 Å². The summed E-state index contributed by atoms with van der Waals surface area (Å²) >= 11 is 5.13. The minimum Gasteiger partial charge on any atom is -0.389 e. The number of benzene rings is 1. The third-order valence-corrected chi connectivity index (χ3v) is 3.71. The van der Waals surface area contributed by atoms with Gasteiger partial charge in [-0.05, 0) is 37.1 Å². The van der Waals surface area contributed by atoms with Gasteiger partial charge in [-0.15, -0.1) is 0 Å². The van der Waals surface area contributed by atoms with Crippen LogP contribution in [0.2, 0.25) is 0 Å². The number of hydrogen-bond acceptors (Lipinski definition) is 3. The van der Waals surface area contributed by atoms with E-state index in [-0.39, 0.29) is 0 Å². The van der Waals surface area contributed by atoms with E-state index in [4.69, 9.17) is 18.0 Å². The van der Waals surface area contributed by atoms with Gasteiger partial charge in [0.05, 0.1) is 5.56 Å². The molecule has 0 bridgehead atoms. The summed E-state index contributed by atoms with van der Waals surface area (Å²) in [5.74, 6) is 0.854. The summed E-state index contributed by atoms with van der Waals surface area (Å²) in [7, 11) is 0. The summed E-state index contributed by atoms with van der Waals surface area (Å²) in [6.07, 6.45) is 2.80. The van der Waals surface area contributed by atoms with Crippen LogP contribution >= 0.6 is 12.2 Å². The number of nitrogens with zero attached hydrogens (tertiary/aromatic N) is 2. The van der Waals surface area contributed by atoms with Gasteiger partial charge in [0.15, 0.2) is 0 Å². The van der Waals surface area contributed by atoms with Crippen molar-refractivity contribution in [1.82, 2.24) is 4.98 Å². The molecule has 1 aliphatic heterocycles. The summed E-state index contributed by atoms with van der Waals surface area (Å²) in [6, 6.07) is 12.6. The molecule has 2 aromatic rings. The Morgan fingerprint density at radius 1 is 1.32 bits per heavy atom. The van der Waals surface area contributed by atoms with Gasteiger partial charge in [-0.25, -0.2) is 4.98 Å². The standard InChI is InChI=1S/C15H15N3S/c1-10-9-11-5-2-3-7-13(11)18(10)15-12(14(16)19)6-4-8-17-15/h2-8,10H,9H2,1H3,(H2,16,19). The van der Waals surface area contributed by atoms with Crippen LogP contribution in [-0.2, 0) is 6.42 Å². The van der Waals surface area contributed by atoms with E-state index in [9.17, 15) is 0 Å². The molecule has 1 aliphatic rings. The van der Waals surface area contributed by atoms with Crippen molar-refractivity contribution in [3.05, 3.63) is 53.7 Å². The van der Waals surface area contributed by atoms with E-state index < -0.39 is 0 Å². The third-order valence-electron chi connectivity index (χ3n) is 3.49. The second kappa shape index (κ2) is 4.63. The van der Waals surface area contributed by atoms with Crippen LogP contribution in [0.1, 0.15) is 18.1 Å². The average molecular weight is 269 g/mol. The minimum atomic E-state index is 0.361. The van der Waals surface area contributed by atoms with Gasteiger partial charge in [0, 0.05) is 17.9 Å². The van der Waals surface area contributed by atoms with Crippen LogP contribution < -0.4 is 10.6 Å². The summed E-state index contributed by atoms with van der Waals surface area (Å²) in [4.78, 5) is 7.10. The highest BCUT2D eigenvalue weighted by molar-refractivity contribution is 7.80. The van der Waals surface area contributed by atoms with E-state index >= 15 is 0 Å². The molecule has 0 fully saturated rings. The van der Waals surface area contributed by atoms with Gasteiger partial charge in [-0.2, -0.15) is 0 Å². The van der Waals surface area contributed by atoms with Gasteiger partial charge in [0.1, 0.15) is 10.8 Å². The molecule has 3 nitrogen and oxygen atoms in total. The molecule has 2 N–H and O–H groups in total. The first-order valence-electron chi connectivity index (χ1n) is 6.30. The molecule has 0 saturated heterocycles. The highest BCUT2D eigenvalue weighted by atomic mass is 32.1. The number of fused-ring (bicyclic) bond motifs is 1. The summed E-state index contributed by atoms with van der Waals surface area (Å²) < 4.78 is 0. The Hall–Kier alpha value is -1.94. The molecule has 0 saturated carbocycles. The molecular formula is C15H15N3S. The van der Waals surface area contributed by atoms with Crippen LogP contribution in [0.4, 0.5) is 11.5 Å². The molecule has 1 aromatic carbocycles. The Kier molecular flexibility index (Phi) is 2.95. The summed E-state index contributed by atoms with van der Waals surface area (Å²) in [5.41, 5.74) is 9.19. The Morgan fingerprint density at radius 2 is 2.11 bits per heavy atom. The monoisotopic (exact) mass is 269 g/mol. The van der Waals surface area contributed by atoms with Crippen molar-refractivity contribution < 1.29 is 0 Å². The predicted octanol–water partition coefficient (Wildman–Crippen LogP) is 2.80. The van der Waals surface area contributed by atoms with Crippen molar-refractivity contribution in [3.8, 4) is 0 Å². The SMILES string of the molecule is CC1Cc2ccccc2N1c1ncccc1C(N)=S. The van der Waals surface area contributed by atoms with Gasteiger partial charge >= 0.3 is 0 Å². The first-order chi connectivity index (χ1) is 9.18. The maximum Gasteiger partial charge on any atom is 0.143 e. The van der Waals surface area contributed by atoms with Crippen LogP contribution in [0.25, 0.3) is 0 Å². The van der Waals surface area contributed by atoms with E-state index in [1.807, 2.05) is 18.2 Å². The summed E-state index contributed by atoms with van der Waals surface area (Å²) in [5, 5.41) is 0. The molecule has 0 aliphatic carbocycles. The molecule has 96 valence electrons. The normalized spacial score (nSPS) is 17.3. The number of pyridine rings is 1. The van der Waals surface area contributed by atoms with E-state index in [0.29, 0.717) is 11.0 Å². The molecule has 1 unspecified atom stereocenters.